The predicted octanol–water partition coefficient (Wildman–Crippen LogP) is 3.81. The Morgan fingerprint density at radius 3 is 2.24 bits per heavy atom. The van der Waals surface area contributed by atoms with Crippen molar-refractivity contribution in [3.05, 3.63) is 72.1 Å². The second-order valence-electron chi connectivity index (χ2n) is 5.05. The van der Waals surface area contributed by atoms with Gasteiger partial charge in [-0.2, -0.15) is 13.2 Å². The number of nitrogens with zero attached hydrogens (tertiary/aromatic N) is 3. The standard InChI is InChI=1S/C17H11F3N4O/c18-17(19,20)14-8-6-12(10-21-14)16(25)22-15-9-7-13(23-24-15)11-4-2-1-3-5-11/h1-10H,(H,22,24,25). The van der Waals surface area contributed by atoms with Gasteiger partial charge in [-0.05, 0) is 24.3 Å². The highest BCUT2D eigenvalue weighted by Gasteiger charge is 2.32. The Morgan fingerprint density at radius 1 is 0.920 bits per heavy atom. The normalized spacial score (nSPS) is 11.2. The quantitative estimate of drug-likeness (QED) is 0.784. The highest BCUT2D eigenvalue weighted by molar-refractivity contribution is 6.03. The molecule has 1 N–H and O–H groups in total. The topological polar surface area (TPSA) is 67.8 Å². The molecule has 0 aliphatic carbocycles. The van der Waals surface area contributed by atoms with Gasteiger partial charge in [0.25, 0.3) is 5.91 Å². The first-order valence-corrected chi connectivity index (χ1v) is 7.17. The maximum absolute atomic E-state index is 12.5. The van der Waals surface area contributed by atoms with Crippen molar-refractivity contribution in [2.75, 3.05) is 5.32 Å². The number of pyridine rings is 1. The van der Waals surface area contributed by atoms with Crippen molar-refractivity contribution < 1.29 is 18.0 Å². The number of anilines is 1. The molecule has 0 unspecified atom stereocenters. The summed E-state index contributed by atoms with van der Waals surface area (Å²) >= 11 is 0. The number of carbonyl (C=O) groups excluding carboxylic acids is 1. The molecule has 0 spiro atoms. The van der Waals surface area contributed by atoms with Crippen molar-refractivity contribution in [2.24, 2.45) is 0 Å². The third-order valence-corrected chi connectivity index (χ3v) is 3.29. The Morgan fingerprint density at radius 2 is 1.68 bits per heavy atom. The van der Waals surface area contributed by atoms with Gasteiger partial charge in [-0.1, -0.05) is 30.3 Å². The van der Waals surface area contributed by atoms with Gasteiger partial charge in [0.2, 0.25) is 0 Å². The Bertz CT molecular complexity index is 863. The molecule has 0 saturated carbocycles. The molecule has 2 aromatic heterocycles. The highest BCUT2D eigenvalue weighted by Crippen LogP contribution is 2.27. The number of alkyl halides is 3. The lowest BCUT2D eigenvalue weighted by Crippen LogP contribution is -2.15. The lowest BCUT2D eigenvalue weighted by molar-refractivity contribution is -0.141. The zero-order valence-corrected chi connectivity index (χ0v) is 12.7. The molecule has 0 atom stereocenters. The van der Waals surface area contributed by atoms with Crippen LogP contribution < -0.4 is 5.32 Å². The average Bonchev–Trinajstić information content (AvgIpc) is 2.62. The molecule has 1 amide bonds. The van der Waals surface area contributed by atoms with Crippen molar-refractivity contribution in [2.45, 2.75) is 6.18 Å². The first kappa shape index (κ1) is 16.6. The minimum absolute atomic E-state index is 0.0121. The van der Waals surface area contributed by atoms with Crippen LogP contribution in [0, 0.1) is 0 Å². The fourth-order valence-electron chi connectivity index (χ4n) is 2.05. The summed E-state index contributed by atoms with van der Waals surface area (Å²) in [7, 11) is 0. The fraction of sp³-hybridized carbons (Fsp3) is 0.0588. The van der Waals surface area contributed by atoms with E-state index < -0.39 is 17.8 Å². The summed E-state index contributed by atoms with van der Waals surface area (Å²) < 4.78 is 37.4. The van der Waals surface area contributed by atoms with Gasteiger partial charge in [0.05, 0.1) is 11.3 Å². The Hall–Kier alpha value is -3.29. The van der Waals surface area contributed by atoms with Crippen molar-refractivity contribution in [3.63, 3.8) is 0 Å². The second-order valence-corrected chi connectivity index (χ2v) is 5.05. The number of hydrogen-bond acceptors (Lipinski definition) is 4. The summed E-state index contributed by atoms with van der Waals surface area (Å²) in [6, 6.07) is 14.4. The minimum Gasteiger partial charge on any atom is -0.305 e. The van der Waals surface area contributed by atoms with E-state index in [1.54, 1.807) is 12.1 Å². The summed E-state index contributed by atoms with van der Waals surface area (Å²) in [6.07, 6.45) is -3.68. The van der Waals surface area contributed by atoms with Gasteiger partial charge >= 0.3 is 6.18 Å². The van der Waals surface area contributed by atoms with E-state index in [0.29, 0.717) is 5.69 Å². The molecule has 0 saturated heterocycles. The van der Waals surface area contributed by atoms with Crippen LogP contribution in [-0.4, -0.2) is 21.1 Å². The minimum atomic E-state index is -4.55. The molecule has 25 heavy (non-hydrogen) atoms. The number of rotatable bonds is 3. The maximum Gasteiger partial charge on any atom is 0.433 e. The van der Waals surface area contributed by atoms with E-state index in [1.165, 1.54) is 0 Å². The number of benzene rings is 1. The van der Waals surface area contributed by atoms with Crippen molar-refractivity contribution in [1.29, 1.82) is 0 Å². The second kappa shape index (κ2) is 6.68. The number of carbonyl (C=O) groups is 1. The van der Waals surface area contributed by atoms with Crippen LogP contribution in [0.3, 0.4) is 0 Å². The molecular weight excluding hydrogens is 333 g/mol. The van der Waals surface area contributed by atoms with Gasteiger partial charge in [0, 0.05) is 11.8 Å². The fourth-order valence-corrected chi connectivity index (χ4v) is 2.05. The lowest BCUT2D eigenvalue weighted by Gasteiger charge is -2.07. The highest BCUT2D eigenvalue weighted by atomic mass is 19.4. The SMILES string of the molecule is O=C(Nc1ccc(-c2ccccc2)nn1)c1ccc(C(F)(F)F)nc1. The Labute approximate surface area is 140 Å². The molecule has 3 rings (SSSR count). The monoisotopic (exact) mass is 344 g/mol. The summed E-state index contributed by atoms with van der Waals surface area (Å²) in [5.74, 6) is -0.437. The molecule has 8 heteroatoms. The van der Waals surface area contributed by atoms with E-state index in [1.807, 2.05) is 30.3 Å². The van der Waals surface area contributed by atoms with Crippen molar-refractivity contribution >= 4 is 11.7 Å². The van der Waals surface area contributed by atoms with Crippen LogP contribution in [0.4, 0.5) is 19.0 Å². The van der Waals surface area contributed by atoms with Crippen LogP contribution in [0.1, 0.15) is 16.1 Å². The first-order valence-electron chi connectivity index (χ1n) is 7.17. The van der Waals surface area contributed by atoms with Crippen molar-refractivity contribution in [1.82, 2.24) is 15.2 Å². The molecule has 0 bridgehead atoms. The summed E-state index contributed by atoms with van der Waals surface area (Å²) in [5, 5.41) is 10.4. The van der Waals surface area contributed by atoms with Crippen LogP contribution >= 0.6 is 0 Å². The maximum atomic E-state index is 12.5. The zero-order valence-electron chi connectivity index (χ0n) is 12.7. The van der Waals surface area contributed by atoms with Gasteiger partial charge < -0.3 is 5.32 Å². The number of halogens is 3. The lowest BCUT2D eigenvalue weighted by atomic mass is 10.1. The zero-order chi connectivity index (χ0) is 17.9. The van der Waals surface area contributed by atoms with Crippen LogP contribution in [0.5, 0.6) is 0 Å². The van der Waals surface area contributed by atoms with Gasteiger partial charge in [-0.3, -0.25) is 9.78 Å². The molecular formula is C17H11F3N4O. The molecule has 0 fully saturated rings. The summed E-state index contributed by atoms with van der Waals surface area (Å²) in [4.78, 5) is 15.3. The smallest absolute Gasteiger partial charge is 0.305 e. The van der Waals surface area contributed by atoms with Crippen LogP contribution in [0.25, 0.3) is 11.3 Å². The molecule has 2 heterocycles. The van der Waals surface area contributed by atoms with Gasteiger partial charge in [0.15, 0.2) is 5.82 Å². The van der Waals surface area contributed by atoms with Gasteiger partial charge in [-0.25, -0.2) is 0 Å². The summed E-state index contributed by atoms with van der Waals surface area (Å²) in [5.41, 5.74) is 0.438. The summed E-state index contributed by atoms with van der Waals surface area (Å²) in [6.45, 7) is 0. The van der Waals surface area contributed by atoms with E-state index in [4.69, 9.17) is 0 Å². The third kappa shape index (κ3) is 3.97. The van der Waals surface area contributed by atoms with Crippen LogP contribution in [0.2, 0.25) is 0 Å². The average molecular weight is 344 g/mol. The molecule has 5 nitrogen and oxygen atoms in total. The molecule has 0 aliphatic heterocycles. The molecule has 0 aliphatic rings. The number of amides is 1. The molecule has 126 valence electrons. The number of hydrogen-bond donors (Lipinski definition) is 1. The van der Waals surface area contributed by atoms with E-state index in [9.17, 15) is 18.0 Å². The third-order valence-electron chi connectivity index (χ3n) is 3.29. The largest absolute Gasteiger partial charge is 0.433 e. The Kier molecular flexibility index (Phi) is 4.42. The Balaban J connectivity index is 1.71. The first-order chi connectivity index (χ1) is 11.9. The molecule has 0 radical (unpaired) electrons. The van der Waals surface area contributed by atoms with Gasteiger partial charge in [-0.15, -0.1) is 10.2 Å². The van der Waals surface area contributed by atoms with E-state index in [2.05, 4.69) is 20.5 Å². The number of nitrogens with one attached hydrogen (secondary N) is 1. The van der Waals surface area contributed by atoms with E-state index in [-0.39, 0.29) is 11.4 Å². The predicted molar refractivity (Wildman–Crippen MR) is 84.7 cm³/mol. The van der Waals surface area contributed by atoms with E-state index >= 15 is 0 Å². The van der Waals surface area contributed by atoms with Crippen LogP contribution in [-0.2, 0) is 6.18 Å². The molecule has 3 aromatic rings. The number of aromatic nitrogens is 3. The van der Waals surface area contributed by atoms with Crippen LogP contribution in [0.15, 0.2) is 60.8 Å². The molecule has 1 aromatic carbocycles. The van der Waals surface area contributed by atoms with Crippen molar-refractivity contribution in [3.8, 4) is 11.3 Å². The van der Waals surface area contributed by atoms with E-state index in [0.717, 1.165) is 23.9 Å². The van der Waals surface area contributed by atoms with Gasteiger partial charge in [0.1, 0.15) is 5.69 Å².